The average molecular weight is 243 g/mol. The molecule has 0 unspecified atom stereocenters. The molecule has 1 N–H and O–H groups in total. The summed E-state index contributed by atoms with van der Waals surface area (Å²) in [5.41, 5.74) is 0. The van der Waals surface area contributed by atoms with Crippen LogP contribution in [-0.2, 0) is 17.9 Å². The van der Waals surface area contributed by atoms with Gasteiger partial charge in [-0.25, -0.2) is 0 Å². The molecule has 0 radical (unpaired) electrons. The van der Waals surface area contributed by atoms with E-state index < -0.39 is 0 Å². The first-order valence-electron chi connectivity index (χ1n) is 5.71. The molecule has 0 aliphatic rings. The molecule has 0 amide bonds. The summed E-state index contributed by atoms with van der Waals surface area (Å²) in [4.78, 5) is 0. The highest BCUT2D eigenvalue weighted by Gasteiger charge is 2.05. The van der Waals surface area contributed by atoms with Crippen molar-refractivity contribution in [1.82, 2.24) is 15.5 Å². The molecule has 0 aliphatic carbocycles. The molecule has 0 saturated carbocycles. The van der Waals surface area contributed by atoms with Gasteiger partial charge in [-0.3, -0.25) is 0 Å². The van der Waals surface area contributed by atoms with Gasteiger partial charge in [-0.15, -0.1) is 10.2 Å². The van der Waals surface area contributed by atoms with Gasteiger partial charge >= 0.3 is 0 Å². The molecular weight excluding hydrogens is 222 g/mol. The van der Waals surface area contributed by atoms with Crippen LogP contribution in [0.5, 0.6) is 0 Å². The molecule has 0 spiro atoms. The fraction of sp³-hybridized carbons (Fsp3) is 0.818. The predicted molar refractivity (Wildman–Crippen MR) is 66.4 cm³/mol. The lowest BCUT2D eigenvalue weighted by Gasteiger charge is -2.04. The summed E-state index contributed by atoms with van der Waals surface area (Å²) in [5.74, 6) is 0.664. The zero-order valence-electron chi connectivity index (χ0n) is 10.5. The predicted octanol–water partition coefficient (Wildman–Crippen LogP) is 2.21. The molecule has 0 aromatic carbocycles. The molecule has 1 aromatic rings. The van der Waals surface area contributed by atoms with Gasteiger partial charge in [-0.2, -0.15) is 0 Å². The number of aromatic nitrogens is 2. The Balaban J connectivity index is 2.28. The van der Waals surface area contributed by atoms with E-state index in [4.69, 9.17) is 4.74 Å². The SMILES string of the molecule is CC(C)CNCc1nnc(COC(C)C)s1. The molecule has 0 atom stereocenters. The second-order valence-electron chi connectivity index (χ2n) is 4.47. The minimum absolute atomic E-state index is 0.242. The molecule has 1 aromatic heterocycles. The first kappa shape index (κ1) is 13.5. The summed E-state index contributed by atoms with van der Waals surface area (Å²) in [6.07, 6.45) is 0.242. The van der Waals surface area contributed by atoms with Gasteiger partial charge in [0, 0.05) is 6.54 Å². The molecule has 0 bridgehead atoms. The lowest BCUT2D eigenvalue weighted by atomic mass is 10.2. The second kappa shape index (κ2) is 6.93. The van der Waals surface area contributed by atoms with Crippen LogP contribution in [0.3, 0.4) is 0 Å². The van der Waals surface area contributed by atoms with Crippen molar-refractivity contribution in [1.29, 1.82) is 0 Å². The van der Waals surface area contributed by atoms with E-state index in [1.165, 1.54) is 0 Å². The van der Waals surface area contributed by atoms with Crippen LogP contribution >= 0.6 is 11.3 Å². The Morgan fingerprint density at radius 2 is 1.88 bits per heavy atom. The maximum atomic E-state index is 5.47. The molecule has 0 fully saturated rings. The monoisotopic (exact) mass is 243 g/mol. The van der Waals surface area contributed by atoms with Crippen LogP contribution in [-0.4, -0.2) is 22.8 Å². The van der Waals surface area contributed by atoms with Crippen molar-refractivity contribution >= 4 is 11.3 Å². The van der Waals surface area contributed by atoms with Crippen molar-refractivity contribution in [3.8, 4) is 0 Å². The molecule has 16 heavy (non-hydrogen) atoms. The van der Waals surface area contributed by atoms with E-state index in [-0.39, 0.29) is 6.10 Å². The van der Waals surface area contributed by atoms with Gasteiger partial charge in [0.25, 0.3) is 0 Å². The normalized spacial score (nSPS) is 11.6. The van der Waals surface area contributed by atoms with Crippen LogP contribution in [0, 0.1) is 5.92 Å². The third kappa shape index (κ3) is 5.53. The fourth-order valence-corrected chi connectivity index (χ4v) is 1.86. The standard InChI is InChI=1S/C11H21N3OS/c1-8(2)5-12-6-10-13-14-11(16-10)7-15-9(3)4/h8-9,12H,5-7H2,1-4H3. The second-order valence-corrected chi connectivity index (χ2v) is 5.62. The van der Waals surface area contributed by atoms with E-state index in [0.29, 0.717) is 12.5 Å². The van der Waals surface area contributed by atoms with Crippen LogP contribution in [0.4, 0.5) is 0 Å². The van der Waals surface area contributed by atoms with E-state index in [2.05, 4.69) is 29.4 Å². The van der Waals surface area contributed by atoms with Crippen molar-refractivity contribution in [2.24, 2.45) is 5.92 Å². The van der Waals surface area contributed by atoms with E-state index in [0.717, 1.165) is 23.1 Å². The van der Waals surface area contributed by atoms with Gasteiger partial charge < -0.3 is 10.1 Å². The van der Waals surface area contributed by atoms with Crippen LogP contribution in [0.2, 0.25) is 0 Å². The smallest absolute Gasteiger partial charge is 0.143 e. The lowest BCUT2D eigenvalue weighted by Crippen LogP contribution is -2.18. The highest BCUT2D eigenvalue weighted by Crippen LogP contribution is 2.11. The number of hydrogen-bond donors (Lipinski definition) is 1. The highest BCUT2D eigenvalue weighted by atomic mass is 32.1. The van der Waals surface area contributed by atoms with Gasteiger partial charge in [-0.05, 0) is 26.3 Å². The van der Waals surface area contributed by atoms with E-state index in [1.807, 2.05) is 13.8 Å². The van der Waals surface area contributed by atoms with Crippen LogP contribution in [0.15, 0.2) is 0 Å². The Morgan fingerprint density at radius 3 is 2.50 bits per heavy atom. The summed E-state index contributed by atoms with van der Waals surface area (Å²) in [7, 11) is 0. The maximum Gasteiger partial charge on any atom is 0.143 e. The summed E-state index contributed by atoms with van der Waals surface area (Å²) < 4.78 is 5.47. The largest absolute Gasteiger partial charge is 0.372 e. The van der Waals surface area contributed by atoms with Gasteiger partial charge in [0.05, 0.1) is 6.10 Å². The Bertz CT molecular complexity index is 299. The van der Waals surface area contributed by atoms with E-state index in [1.54, 1.807) is 11.3 Å². The third-order valence-electron chi connectivity index (χ3n) is 1.88. The topological polar surface area (TPSA) is 47.0 Å². The zero-order chi connectivity index (χ0) is 12.0. The fourth-order valence-electron chi connectivity index (χ4n) is 1.12. The van der Waals surface area contributed by atoms with Gasteiger partial charge in [0.15, 0.2) is 0 Å². The Hall–Kier alpha value is -0.520. The summed E-state index contributed by atoms with van der Waals surface area (Å²) in [6.45, 7) is 10.8. The number of hydrogen-bond acceptors (Lipinski definition) is 5. The molecule has 92 valence electrons. The minimum atomic E-state index is 0.242. The van der Waals surface area contributed by atoms with Crippen molar-refractivity contribution in [3.63, 3.8) is 0 Å². The Morgan fingerprint density at radius 1 is 1.19 bits per heavy atom. The summed E-state index contributed by atoms with van der Waals surface area (Å²) in [6, 6.07) is 0. The highest BCUT2D eigenvalue weighted by molar-refractivity contribution is 7.11. The van der Waals surface area contributed by atoms with Crippen molar-refractivity contribution in [2.75, 3.05) is 6.54 Å². The van der Waals surface area contributed by atoms with Gasteiger partial charge in [-0.1, -0.05) is 25.2 Å². The molecule has 4 nitrogen and oxygen atoms in total. The number of nitrogens with one attached hydrogen (secondary N) is 1. The van der Waals surface area contributed by atoms with Gasteiger partial charge in [0.2, 0.25) is 0 Å². The zero-order valence-corrected chi connectivity index (χ0v) is 11.3. The number of nitrogens with zero attached hydrogens (tertiary/aromatic N) is 2. The molecule has 1 heterocycles. The Labute approximate surface area is 101 Å². The van der Waals surface area contributed by atoms with Crippen molar-refractivity contribution < 1.29 is 4.74 Å². The van der Waals surface area contributed by atoms with Crippen molar-refractivity contribution in [3.05, 3.63) is 10.0 Å². The average Bonchev–Trinajstić information content (AvgIpc) is 2.62. The van der Waals surface area contributed by atoms with Crippen molar-refractivity contribution in [2.45, 2.75) is 47.0 Å². The molecule has 5 heteroatoms. The van der Waals surface area contributed by atoms with Crippen LogP contribution < -0.4 is 5.32 Å². The number of rotatable bonds is 7. The first-order valence-corrected chi connectivity index (χ1v) is 6.53. The summed E-state index contributed by atoms with van der Waals surface area (Å²) in [5, 5.41) is 13.5. The quantitative estimate of drug-likeness (QED) is 0.797. The van der Waals surface area contributed by atoms with Crippen LogP contribution in [0.1, 0.15) is 37.7 Å². The molecule has 1 rings (SSSR count). The lowest BCUT2D eigenvalue weighted by molar-refractivity contribution is 0.0652. The molecule has 0 aliphatic heterocycles. The van der Waals surface area contributed by atoms with E-state index >= 15 is 0 Å². The first-order chi connectivity index (χ1) is 7.58. The maximum absolute atomic E-state index is 5.47. The number of ether oxygens (including phenoxy) is 1. The Kier molecular flexibility index (Phi) is 5.87. The summed E-state index contributed by atoms with van der Waals surface area (Å²) >= 11 is 1.62. The van der Waals surface area contributed by atoms with E-state index in [9.17, 15) is 0 Å². The minimum Gasteiger partial charge on any atom is -0.372 e. The molecule has 0 saturated heterocycles. The third-order valence-corrected chi connectivity index (χ3v) is 2.77. The van der Waals surface area contributed by atoms with Crippen LogP contribution in [0.25, 0.3) is 0 Å². The van der Waals surface area contributed by atoms with Gasteiger partial charge in [0.1, 0.15) is 16.6 Å². The molecular formula is C11H21N3OS.